The third-order valence-corrected chi connectivity index (χ3v) is 3.24. The Balaban J connectivity index is 2.09. The molecule has 1 aromatic rings. The first-order chi connectivity index (χ1) is 9.13. The molecule has 0 bridgehead atoms. The largest absolute Gasteiger partial charge is 0.490 e. The Labute approximate surface area is 110 Å². The molecule has 0 aromatic heterocycles. The molecule has 2 amide bonds. The lowest BCUT2D eigenvalue weighted by molar-refractivity contribution is -0.138. The van der Waals surface area contributed by atoms with Crippen molar-refractivity contribution in [2.75, 3.05) is 13.7 Å². The molecule has 0 aliphatic carbocycles. The highest BCUT2D eigenvalue weighted by molar-refractivity contribution is 6.19. The number of benzene rings is 1. The highest BCUT2D eigenvalue weighted by Gasteiger charge is 2.45. The van der Waals surface area contributed by atoms with Crippen LogP contribution in [0, 0.1) is 0 Å². The number of imide groups is 1. The van der Waals surface area contributed by atoms with Gasteiger partial charge in [-0.05, 0) is 19.1 Å². The van der Waals surface area contributed by atoms with Gasteiger partial charge < -0.3 is 9.47 Å². The number of hydrogen-bond donors (Lipinski definition) is 0. The van der Waals surface area contributed by atoms with Crippen LogP contribution < -0.4 is 9.47 Å². The predicted molar refractivity (Wildman–Crippen MR) is 67.8 cm³/mol. The maximum Gasteiger partial charge on any atom is 0.275 e. The average molecular weight is 259 g/mol. The lowest BCUT2D eigenvalue weighted by Crippen LogP contribution is -2.31. The summed E-state index contributed by atoms with van der Waals surface area (Å²) in [5.41, 5.74) is 1.14. The molecule has 2 aliphatic rings. The molecule has 1 saturated heterocycles. The summed E-state index contributed by atoms with van der Waals surface area (Å²) in [7, 11) is 1.46. The predicted octanol–water partition coefficient (Wildman–Crippen LogP) is 1.23. The van der Waals surface area contributed by atoms with E-state index in [4.69, 9.17) is 9.47 Å². The number of amides is 2. The van der Waals surface area contributed by atoms with Crippen molar-refractivity contribution in [3.63, 3.8) is 0 Å². The Bertz CT molecular complexity index is 605. The Morgan fingerprint density at radius 3 is 2.89 bits per heavy atom. The molecule has 19 heavy (non-hydrogen) atoms. The van der Waals surface area contributed by atoms with E-state index in [1.165, 1.54) is 7.05 Å². The number of likely N-dealkylation sites (tertiary alicyclic amines) is 1. The van der Waals surface area contributed by atoms with Crippen LogP contribution >= 0.6 is 0 Å². The van der Waals surface area contributed by atoms with Gasteiger partial charge in [-0.25, -0.2) is 0 Å². The zero-order valence-corrected chi connectivity index (χ0v) is 10.7. The van der Waals surface area contributed by atoms with Crippen LogP contribution in [0.5, 0.6) is 11.5 Å². The first-order valence-corrected chi connectivity index (χ1v) is 6.09. The van der Waals surface area contributed by atoms with E-state index >= 15 is 0 Å². The van der Waals surface area contributed by atoms with Crippen molar-refractivity contribution in [2.24, 2.45) is 0 Å². The van der Waals surface area contributed by atoms with E-state index in [9.17, 15) is 9.59 Å². The Hall–Kier alpha value is -2.30. The van der Waals surface area contributed by atoms with Crippen molar-refractivity contribution in [1.29, 1.82) is 0 Å². The topological polar surface area (TPSA) is 55.8 Å². The van der Waals surface area contributed by atoms with Crippen LogP contribution in [0.15, 0.2) is 23.8 Å². The monoisotopic (exact) mass is 259 g/mol. The third kappa shape index (κ3) is 1.62. The molecule has 98 valence electrons. The van der Waals surface area contributed by atoms with E-state index in [-0.39, 0.29) is 11.8 Å². The molecular weight excluding hydrogens is 246 g/mol. The molecule has 2 aliphatic heterocycles. The van der Waals surface area contributed by atoms with Crippen molar-refractivity contribution in [3.05, 3.63) is 29.3 Å². The minimum atomic E-state index is -0.841. The third-order valence-electron chi connectivity index (χ3n) is 3.24. The quantitative estimate of drug-likeness (QED) is 0.749. The summed E-state index contributed by atoms with van der Waals surface area (Å²) in [5.74, 6) is 0.468. The van der Waals surface area contributed by atoms with Crippen molar-refractivity contribution >= 4 is 17.9 Å². The van der Waals surface area contributed by atoms with E-state index in [1.54, 1.807) is 12.1 Å². The molecule has 0 spiro atoms. The number of ether oxygens (including phenoxy) is 2. The van der Waals surface area contributed by atoms with Gasteiger partial charge in [0.15, 0.2) is 11.5 Å². The first kappa shape index (κ1) is 11.8. The number of likely N-dealkylation sites (N-methyl/N-ethyl adjacent to an activating group) is 1. The van der Waals surface area contributed by atoms with Crippen LogP contribution in [-0.2, 0) is 9.59 Å². The van der Waals surface area contributed by atoms with Crippen molar-refractivity contribution in [2.45, 2.75) is 13.0 Å². The number of para-hydroxylation sites is 1. The van der Waals surface area contributed by atoms with Gasteiger partial charge in [-0.2, -0.15) is 0 Å². The van der Waals surface area contributed by atoms with Gasteiger partial charge in [0.2, 0.25) is 6.10 Å². The molecule has 5 heteroatoms. The van der Waals surface area contributed by atoms with Crippen LogP contribution in [0.4, 0.5) is 0 Å². The fourth-order valence-corrected chi connectivity index (χ4v) is 2.29. The summed E-state index contributed by atoms with van der Waals surface area (Å²) in [4.78, 5) is 24.9. The molecule has 1 fully saturated rings. The van der Waals surface area contributed by atoms with Gasteiger partial charge in [-0.3, -0.25) is 14.5 Å². The van der Waals surface area contributed by atoms with Crippen LogP contribution in [0.1, 0.15) is 12.5 Å². The average Bonchev–Trinajstić information content (AvgIpc) is 2.63. The summed E-state index contributed by atoms with van der Waals surface area (Å²) in [5, 5.41) is 0. The second-order valence-corrected chi connectivity index (χ2v) is 4.41. The molecule has 3 rings (SSSR count). The number of carbonyl (C=O) groups is 2. The Morgan fingerprint density at radius 2 is 2.16 bits per heavy atom. The van der Waals surface area contributed by atoms with Gasteiger partial charge in [0.1, 0.15) is 0 Å². The summed E-state index contributed by atoms with van der Waals surface area (Å²) >= 11 is 0. The molecule has 2 heterocycles. The molecule has 5 nitrogen and oxygen atoms in total. The van der Waals surface area contributed by atoms with Gasteiger partial charge >= 0.3 is 0 Å². The maximum absolute atomic E-state index is 11.9. The lowest BCUT2D eigenvalue weighted by atomic mass is 10.0. The second kappa shape index (κ2) is 4.12. The van der Waals surface area contributed by atoms with Gasteiger partial charge in [0.25, 0.3) is 11.8 Å². The highest BCUT2D eigenvalue weighted by atomic mass is 16.5. The van der Waals surface area contributed by atoms with E-state index < -0.39 is 6.10 Å². The molecule has 0 saturated carbocycles. The number of nitrogens with zero attached hydrogens (tertiary/aromatic N) is 1. The van der Waals surface area contributed by atoms with Crippen molar-refractivity contribution in [1.82, 2.24) is 4.90 Å². The number of hydrogen-bond acceptors (Lipinski definition) is 4. The smallest absolute Gasteiger partial charge is 0.275 e. The van der Waals surface area contributed by atoms with E-state index in [0.29, 0.717) is 23.7 Å². The van der Waals surface area contributed by atoms with E-state index in [0.717, 1.165) is 10.5 Å². The summed E-state index contributed by atoms with van der Waals surface area (Å²) < 4.78 is 11.2. The van der Waals surface area contributed by atoms with E-state index in [2.05, 4.69) is 0 Å². The maximum atomic E-state index is 11.9. The minimum absolute atomic E-state index is 0.303. The van der Waals surface area contributed by atoms with Gasteiger partial charge in [0, 0.05) is 12.6 Å². The fraction of sp³-hybridized carbons (Fsp3) is 0.286. The summed E-state index contributed by atoms with van der Waals surface area (Å²) in [6.45, 7) is 2.38. The van der Waals surface area contributed by atoms with Crippen LogP contribution in [0.2, 0.25) is 0 Å². The molecule has 0 N–H and O–H groups in total. The molecule has 0 radical (unpaired) electrons. The summed E-state index contributed by atoms with van der Waals surface area (Å²) in [6, 6.07) is 5.44. The number of fused-ring (bicyclic) bond motifs is 2. The standard InChI is InChI=1S/C14H13NO4/c1-3-18-10-6-4-5-8-7-9-12(19-11(8)10)14(17)15(2)13(9)16/h4-7,12H,3H2,1-2H3. The van der Waals surface area contributed by atoms with Gasteiger partial charge in [-0.15, -0.1) is 0 Å². The normalized spacial score (nSPS) is 20.6. The van der Waals surface area contributed by atoms with Crippen LogP contribution in [0.3, 0.4) is 0 Å². The number of carbonyl (C=O) groups excluding carboxylic acids is 2. The number of rotatable bonds is 2. The van der Waals surface area contributed by atoms with Gasteiger partial charge in [-0.1, -0.05) is 12.1 Å². The first-order valence-electron chi connectivity index (χ1n) is 6.09. The SMILES string of the molecule is CCOc1cccc2c1OC1C(=O)N(C)C(=O)C1=C2. The zero-order chi connectivity index (χ0) is 13.6. The fourth-order valence-electron chi connectivity index (χ4n) is 2.29. The lowest BCUT2D eigenvalue weighted by Gasteiger charge is -2.21. The highest BCUT2D eigenvalue weighted by Crippen LogP contribution is 2.40. The van der Waals surface area contributed by atoms with Crippen LogP contribution in [-0.4, -0.2) is 36.5 Å². The summed E-state index contributed by atoms with van der Waals surface area (Å²) in [6.07, 6.45) is 0.863. The molecule has 1 aromatic carbocycles. The van der Waals surface area contributed by atoms with E-state index in [1.807, 2.05) is 19.1 Å². The zero-order valence-electron chi connectivity index (χ0n) is 10.7. The Morgan fingerprint density at radius 1 is 1.37 bits per heavy atom. The minimum Gasteiger partial charge on any atom is -0.490 e. The molecular formula is C14H13NO4. The molecule has 1 unspecified atom stereocenters. The second-order valence-electron chi connectivity index (χ2n) is 4.41. The Kier molecular flexibility index (Phi) is 2.55. The van der Waals surface area contributed by atoms with Crippen molar-refractivity contribution < 1.29 is 19.1 Å². The van der Waals surface area contributed by atoms with Gasteiger partial charge in [0.05, 0.1) is 12.2 Å². The van der Waals surface area contributed by atoms with Crippen LogP contribution in [0.25, 0.3) is 6.08 Å². The molecule has 1 atom stereocenters. The van der Waals surface area contributed by atoms with Crippen molar-refractivity contribution in [3.8, 4) is 11.5 Å².